The third-order valence-corrected chi connectivity index (χ3v) is 5.09. The summed E-state index contributed by atoms with van der Waals surface area (Å²) < 4.78 is 16.1. The lowest BCUT2D eigenvalue weighted by molar-refractivity contribution is -0.138. The first-order valence-corrected chi connectivity index (χ1v) is 8.57. The largest absolute Gasteiger partial charge is 0.496 e. The fourth-order valence-electron chi connectivity index (χ4n) is 3.72. The molecule has 26 heavy (non-hydrogen) atoms. The van der Waals surface area contributed by atoms with Crippen LogP contribution in [0, 0.1) is 12.8 Å². The van der Waals surface area contributed by atoms with E-state index in [2.05, 4.69) is 0 Å². The highest BCUT2D eigenvalue weighted by Gasteiger charge is 2.31. The number of nitrogen functional groups attached to an aromatic ring is 1. The number of carbonyl (C=O) groups is 2. The van der Waals surface area contributed by atoms with Gasteiger partial charge in [0.25, 0.3) is 0 Å². The molecular weight excluding hydrogens is 338 g/mol. The lowest BCUT2D eigenvalue weighted by atomic mass is 9.89. The zero-order valence-electron chi connectivity index (χ0n) is 15.0. The zero-order valence-corrected chi connectivity index (χ0v) is 15.0. The number of benzene rings is 1. The number of anilines is 1. The van der Waals surface area contributed by atoms with Crippen molar-refractivity contribution in [2.75, 3.05) is 26.1 Å². The third-order valence-electron chi connectivity index (χ3n) is 5.09. The summed E-state index contributed by atoms with van der Waals surface area (Å²) in [7, 11) is 1.57. The second-order valence-corrected chi connectivity index (χ2v) is 6.58. The average Bonchev–Trinajstić information content (AvgIpc) is 2.99. The van der Waals surface area contributed by atoms with Crippen molar-refractivity contribution in [3.05, 3.63) is 33.9 Å². The van der Waals surface area contributed by atoms with Crippen molar-refractivity contribution in [2.24, 2.45) is 5.92 Å². The molecule has 1 aromatic carbocycles. The summed E-state index contributed by atoms with van der Waals surface area (Å²) in [6.07, 6.45) is 3.18. The van der Waals surface area contributed by atoms with Gasteiger partial charge in [0, 0.05) is 17.0 Å². The SMILES string of the molecule is COc1c(C)c2c(c(N)c1C/C=C1\CCOCC1CC(=O)O)C(=O)OC2. The van der Waals surface area contributed by atoms with Gasteiger partial charge in [-0.05, 0) is 25.3 Å². The summed E-state index contributed by atoms with van der Waals surface area (Å²) in [4.78, 5) is 23.1. The number of nitrogens with two attached hydrogens (primary N) is 1. The normalized spacial score (nSPS) is 20.8. The van der Waals surface area contributed by atoms with Crippen LogP contribution >= 0.6 is 0 Å². The van der Waals surface area contributed by atoms with Crippen molar-refractivity contribution in [1.29, 1.82) is 0 Å². The first kappa shape index (κ1) is 18.3. The molecule has 1 atom stereocenters. The van der Waals surface area contributed by atoms with Crippen LogP contribution in [0.4, 0.5) is 5.69 Å². The lowest BCUT2D eigenvalue weighted by Crippen LogP contribution is -2.23. The topological polar surface area (TPSA) is 108 Å². The van der Waals surface area contributed by atoms with Crippen molar-refractivity contribution in [1.82, 2.24) is 0 Å². The van der Waals surface area contributed by atoms with Crippen LogP contribution in [0.15, 0.2) is 11.6 Å². The van der Waals surface area contributed by atoms with Crippen molar-refractivity contribution in [2.45, 2.75) is 32.8 Å². The van der Waals surface area contributed by atoms with Crippen LogP contribution in [-0.4, -0.2) is 37.4 Å². The van der Waals surface area contributed by atoms with Gasteiger partial charge in [0.15, 0.2) is 0 Å². The number of allylic oxidation sites excluding steroid dienone is 1. The number of cyclic esters (lactones) is 1. The van der Waals surface area contributed by atoms with Gasteiger partial charge < -0.3 is 25.1 Å². The van der Waals surface area contributed by atoms with E-state index in [0.717, 1.165) is 22.3 Å². The van der Waals surface area contributed by atoms with E-state index in [1.54, 1.807) is 7.11 Å². The van der Waals surface area contributed by atoms with Gasteiger partial charge in [0.2, 0.25) is 0 Å². The number of carbonyl (C=O) groups excluding carboxylic acids is 1. The Morgan fingerprint density at radius 2 is 2.23 bits per heavy atom. The molecule has 0 bridgehead atoms. The summed E-state index contributed by atoms with van der Waals surface area (Å²) in [5.74, 6) is -0.751. The number of methoxy groups -OCH3 is 1. The number of carboxylic acids is 1. The first-order valence-electron chi connectivity index (χ1n) is 8.57. The quantitative estimate of drug-likeness (QED) is 0.470. The number of rotatable bonds is 5. The molecule has 1 saturated heterocycles. The minimum Gasteiger partial charge on any atom is -0.496 e. The summed E-state index contributed by atoms with van der Waals surface area (Å²) in [5, 5.41) is 9.09. The van der Waals surface area contributed by atoms with Crippen LogP contribution in [-0.2, 0) is 27.3 Å². The molecule has 3 rings (SSSR count). The Morgan fingerprint density at radius 3 is 2.92 bits per heavy atom. The smallest absolute Gasteiger partial charge is 0.341 e. The van der Waals surface area contributed by atoms with Crippen LogP contribution in [0.5, 0.6) is 5.75 Å². The molecule has 2 heterocycles. The molecule has 0 saturated carbocycles. The van der Waals surface area contributed by atoms with Gasteiger partial charge in [-0.25, -0.2) is 4.79 Å². The number of hydrogen-bond acceptors (Lipinski definition) is 6. The minimum atomic E-state index is -0.848. The van der Waals surface area contributed by atoms with Gasteiger partial charge in [0.05, 0.1) is 38.0 Å². The van der Waals surface area contributed by atoms with Crippen LogP contribution in [0.3, 0.4) is 0 Å². The monoisotopic (exact) mass is 361 g/mol. The van der Waals surface area contributed by atoms with Gasteiger partial charge in [-0.3, -0.25) is 4.79 Å². The Bertz CT molecular complexity index is 783. The van der Waals surface area contributed by atoms with E-state index in [-0.39, 0.29) is 18.9 Å². The molecule has 140 valence electrons. The van der Waals surface area contributed by atoms with E-state index in [9.17, 15) is 9.59 Å². The molecule has 1 fully saturated rings. The predicted octanol–water partition coefficient (Wildman–Crippen LogP) is 2.24. The Labute approximate surface area is 151 Å². The molecule has 7 nitrogen and oxygen atoms in total. The zero-order chi connectivity index (χ0) is 18.8. The maximum atomic E-state index is 12.0. The highest BCUT2D eigenvalue weighted by Crippen LogP contribution is 2.40. The summed E-state index contributed by atoms with van der Waals surface area (Å²) in [5.41, 5.74) is 10.5. The average molecular weight is 361 g/mol. The second-order valence-electron chi connectivity index (χ2n) is 6.58. The molecule has 0 amide bonds. The van der Waals surface area contributed by atoms with Crippen molar-refractivity contribution in [3.8, 4) is 5.75 Å². The molecule has 1 aromatic rings. The number of hydrogen-bond donors (Lipinski definition) is 2. The summed E-state index contributed by atoms with van der Waals surface area (Å²) in [6, 6.07) is 0. The molecule has 3 N–H and O–H groups in total. The molecule has 0 aromatic heterocycles. The second kappa shape index (κ2) is 7.37. The van der Waals surface area contributed by atoms with Gasteiger partial charge in [-0.2, -0.15) is 0 Å². The molecule has 2 aliphatic heterocycles. The number of fused-ring (bicyclic) bond motifs is 1. The lowest BCUT2D eigenvalue weighted by Gasteiger charge is -2.25. The number of esters is 1. The Kier molecular flexibility index (Phi) is 5.18. The number of aliphatic carboxylic acids is 1. The highest BCUT2D eigenvalue weighted by molar-refractivity contribution is 6.00. The molecule has 7 heteroatoms. The van der Waals surface area contributed by atoms with Gasteiger partial charge in [0.1, 0.15) is 12.4 Å². The van der Waals surface area contributed by atoms with Crippen molar-refractivity contribution >= 4 is 17.6 Å². The van der Waals surface area contributed by atoms with E-state index in [1.807, 2.05) is 13.0 Å². The van der Waals surface area contributed by atoms with E-state index in [1.165, 1.54) is 0 Å². The summed E-state index contributed by atoms with van der Waals surface area (Å²) in [6.45, 7) is 3.07. The van der Waals surface area contributed by atoms with Crippen molar-refractivity contribution < 1.29 is 28.9 Å². The molecule has 1 unspecified atom stereocenters. The van der Waals surface area contributed by atoms with Crippen LogP contribution in [0.1, 0.15) is 39.9 Å². The molecule has 0 radical (unpaired) electrons. The van der Waals surface area contributed by atoms with E-state index in [0.29, 0.717) is 43.1 Å². The maximum Gasteiger partial charge on any atom is 0.341 e. The first-order chi connectivity index (χ1) is 12.4. The van der Waals surface area contributed by atoms with E-state index < -0.39 is 11.9 Å². The van der Waals surface area contributed by atoms with Crippen LogP contribution in [0.25, 0.3) is 0 Å². The van der Waals surface area contributed by atoms with Crippen LogP contribution < -0.4 is 10.5 Å². The molecule has 0 spiro atoms. The van der Waals surface area contributed by atoms with E-state index >= 15 is 0 Å². The molecule has 0 aliphatic carbocycles. The Balaban J connectivity index is 1.96. The Morgan fingerprint density at radius 1 is 1.46 bits per heavy atom. The fraction of sp³-hybridized carbons (Fsp3) is 0.474. The van der Waals surface area contributed by atoms with Gasteiger partial charge >= 0.3 is 11.9 Å². The number of carboxylic acid groups (broad SMARTS) is 1. The standard InChI is InChI=1S/C19H23NO6/c1-10-14-9-26-19(23)16(14)17(20)13(18(10)24-2)4-3-11-5-6-25-8-12(11)7-15(21)22/h3,12H,4-9,20H2,1-2H3,(H,21,22)/b11-3+. The van der Waals surface area contributed by atoms with Crippen molar-refractivity contribution in [3.63, 3.8) is 0 Å². The Hall–Kier alpha value is -2.54. The van der Waals surface area contributed by atoms with Gasteiger partial charge in [-0.15, -0.1) is 0 Å². The van der Waals surface area contributed by atoms with Crippen LogP contribution in [0.2, 0.25) is 0 Å². The maximum absolute atomic E-state index is 12.0. The summed E-state index contributed by atoms with van der Waals surface area (Å²) >= 11 is 0. The highest BCUT2D eigenvalue weighted by atomic mass is 16.5. The molecule has 2 aliphatic rings. The number of ether oxygens (including phenoxy) is 3. The minimum absolute atomic E-state index is 0.0357. The molecular formula is C19H23NO6. The van der Waals surface area contributed by atoms with E-state index in [4.69, 9.17) is 25.1 Å². The fourth-order valence-corrected chi connectivity index (χ4v) is 3.72. The predicted molar refractivity (Wildman–Crippen MR) is 94.2 cm³/mol. The third kappa shape index (κ3) is 3.26. The van der Waals surface area contributed by atoms with Gasteiger partial charge in [-0.1, -0.05) is 11.6 Å².